The van der Waals surface area contributed by atoms with E-state index in [9.17, 15) is 9.59 Å². The number of hydrogen-bond donors (Lipinski definition) is 2. The Labute approximate surface area is 118 Å². The molecule has 8 heteroatoms. The molecule has 0 unspecified atom stereocenters. The number of carboxylic acids is 1. The van der Waals surface area contributed by atoms with E-state index in [4.69, 9.17) is 9.63 Å². The Morgan fingerprint density at radius 1 is 1.50 bits per heavy atom. The summed E-state index contributed by atoms with van der Waals surface area (Å²) < 4.78 is 4.99. The van der Waals surface area contributed by atoms with Gasteiger partial charge in [-0.05, 0) is 13.3 Å². The Bertz CT molecular complexity index is 647. The normalized spacial score (nSPS) is 10.5. The third-order valence-corrected chi connectivity index (χ3v) is 3.52. The van der Waals surface area contributed by atoms with Crippen LogP contribution in [0.1, 0.15) is 44.2 Å². The van der Waals surface area contributed by atoms with Crippen molar-refractivity contribution in [3.63, 3.8) is 0 Å². The highest BCUT2D eigenvalue weighted by molar-refractivity contribution is 7.09. The molecule has 0 aliphatic carbocycles. The summed E-state index contributed by atoms with van der Waals surface area (Å²) in [6.07, 6.45) is 0.598. The van der Waals surface area contributed by atoms with Crippen molar-refractivity contribution in [2.75, 3.05) is 0 Å². The van der Waals surface area contributed by atoms with Gasteiger partial charge in [0.2, 0.25) is 0 Å². The van der Waals surface area contributed by atoms with Crippen LogP contribution >= 0.6 is 11.3 Å². The molecule has 106 valence electrons. The molecule has 7 nitrogen and oxygen atoms in total. The highest BCUT2D eigenvalue weighted by atomic mass is 32.1. The molecule has 0 aromatic carbocycles. The second-order valence-corrected chi connectivity index (χ2v) is 4.97. The van der Waals surface area contributed by atoms with Crippen LogP contribution in [-0.4, -0.2) is 27.1 Å². The van der Waals surface area contributed by atoms with Gasteiger partial charge in [-0.2, -0.15) is 0 Å². The summed E-state index contributed by atoms with van der Waals surface area (Å²) in [6, 6.07) is 0. The average Bonchev–Trinajstić information content (AvgIpc) is 3.02. The highest BCUT2D eigenvalue weighted by Crippen LogP contribution is 2.14. The van der Waals surface area contributed by atoms with Crippen molar-refractivity contribution in [3.05, 3.63) is 33.1 Å². The Kier molecular flexibility index (Phi) is 4.14. The Balaban J connectivity index is 2.04. The van der Waals surface area contributed by atoms with Gasteiger partial charge in [-0.3, -0.25) is 4.79 Å². The van der Waals surface area contributed by atoms with Crippen LogP contribution in [0.2, 0.25) is 0 Å². The van der Waals surface area contributed by atoms with Crippen molar-refractivity contribution in [2.24, 2.45) is 0 Å². The molecular formula is C12H13N3O4S. The molecule has 0 atom stereocenters. The first-order chi connectivity index (χ1) is 9.52. The van der Waals surface area contributed by atoms with E-state index in [1.807, 2.05) is 6.92 Å². The molecule has 2 aromatic heterocycles. The molecule has 0 saturated carbocycles. The van der Waals surface area contributed by atoms with E-state index in [1.165, 1.54) is 16.7 Å². The zero-order chi connectivity index (χ0) is 14.7. The van der Waals surface area contributed by atoms with Gasteiger partial charge in [0.25, 0.3) is 5.91 Å². The maximum Gasteiger partial charge on any atom is 0.355 e. The van der Waals surface area contributed by atoms with Crippen LogP contribution in [0, 0.1) is 6.92 Å². The van der Waals surface area contributed by atoms with E-state index in [-0.39, 0.29) is 18.1 Å². The zero-order valence-corrected chi connectivity index (χ0v) is 11.8. The highest BCUT2D eigenvalue weighted by Gasteiger charge is 2.19. The minimum atomic E-state index is -1.08. The summed E-state index contributed by atoms with van der Waals surface area (Å²) in [5.74, 6) is -0.917. The lowest BCUT2D eigenvalue weighted by molar-refractivity contribution is 0.0691. The smallest absolute Gasteiger partial charge is 0.355 e. The van der Waals surface area contributed by atoms with E-state index in [0.717, 1.165) is 0 Å². The van der Waals surface area contributed by atoms with Gasteiger partial charge in [0.05, 0.1) is 12.2 Å². The second kappa shape index (κ2) is 5.83. The SMILES string of the molecule is CCc1noc(C)c1C(=O)NCc1nc(C(=O)O)cs1. The van der Waals surface area contributed by atoms with E-state index in [0.29, 0.717) is 28.4 Å². The number of carbonyl (C=O) groups is 2. The van der Waals surface area contributed by atoms with Gasteiger partial charge in [-0.15, -0.1) is 11.3 Å². The number of rotatable bonds is 5. The van der Waals surface area contributed by atoms with Crippen LogP contribution in [-0.2, 0) is 13.0 Å². The monoisotopic (exact) mass is 295 g/mol. The number of carboxylic acid groups (broad SMARTS) is 1. The standard InChI is InChI=1S/C12H13N3O4S/c1-3-7-10(6(2)19-15-7)11(16)13-4-9-14-8(5-20-9)12(17)18/h5H,3-4H2,1-2H3,(H,13,16)(H,17,18). The predicted octanol–water partition coefficient (Wildman–Crippen LogP) is 1.63. The first kappa shape index (κ1) is 14.2. The number of amides is 1. The van der Waals surface area contributed by atoms with Crippen molar-refractivity contribution in [1.29, 1.82) is 0 Å². The van der Waals surface area contributed by atoms with Gasteiger partial charge in [0, 0.05) is 5.38 Å². The minimum absolute atomic E-state index is 0.0188. The summed E-state index contributed by atoms with van der Waals surface area (Å²) in [7, 11) is 0. The molecular weight excluding hydrogens is 282 g/mol. The molecule has 0 fully saturated rings. The lowest BCUT2D eigenvalue weighted by Crippen LogP contribution is -2.24. The van der Waals surface area contributed by atoms with Crippen molar-refractivity contribution < 1.29 is 19.2 Å². The van der Waals surface area contributed by atoms with Crippen molar-refractivity contribution >= 4 is 23.2 Å². The van der Waals surface area contributed by atoms with Crippen LogP contribution in [0.5, 0.6) is 0 Å². The zero-order valence-electron chi connectivity index (χ0n) is 11.0. The first-order valence-electron chi connectivity index (χ1n) is 5.94. The van der Waals surface area contributed by atoms with Gasteiger partial charge in [-0.25, -0.2) is 9.78 Å². The summed E-state index contributed by atoms with van der Waals surface area (Å²) in [4.78, 5) is 26.7. The molecule has 2 rings (SSSR count). The number of aryl methyl sites for hydroxylation is 2. The minimum Gasteiger partial charge on any atom is -0.476 e. The molecule has 0 radical (unpaired) electrons. The third kappa shape index (κ3) is 2.85. The topological polar surface area (TPSA) is 105 Å². The molecule has 2 aromatic rings. The van der Waals surface area contributed by atoms with Crippen LogP contribution in [0.25, 0.3) is 0 Å². The van der Waals surface area contributed by atoms with Gasteiger partial charge in [-0.1, -0.05) is 12.1 Å². The van der Waals surface area contributed by atoms with Gasteiger partial charge >= 0.3 is 5.97 Å². The molecule has 0 spiro atoms. The van der Waals surface area contributed by atoms with E-state index >= 15 is 0 Å². The summed E-state index contributed by atoms with van der Waals surface area (Å²) in [5.41, 5.74) is 1.02. The van der Waals surface area contributed by atoms with Crippen LogP contribution in [0.15, 0.2) is 9.90 Å². The number of thiazole rings is 1. The number of aromatic carboxylic acids is 1. The van der Waals surface area contributed by atoms with Gasteiger partial charge in [0.1, 0.15) is 16.3 Å². The average molecular weight is 295 g/mol. The quantitative estimate of drug-likeness (QED) is 0.868. The molecule has 20 heavy (non-hydrogen) atoms. The van der Waals surface area contributed by atoms with E-state index in [1.54, 1.807) is 6.92 Å². The van der Waals surface area contributed by atoms with E-state index < -0.39 is 5.97 Å². The molecule has 0 aliphatic rings. The Hall–Kier alpha value is -2.22. The third-order valence-electron chi connectivity index (χ3n) is 2.67. The summed E-state index contributed by atoms with van der Waals surface area (Å²) >= 11 is 1.19. The summed E-state index contributed by atoms with van der Waals surface area (Å²) in [6.45, 7) is 3.73. The fraction of sp³-hybridized carbons (Fsp3) is 0.333. The fourth-order valence-corrected chi connectivity index (χ4v) is 2.39. The maximum absolute atomic E-state index is 12.1. The van der Waals surface area contributed by atoms with Crippen LogP contribution in [0.3, 0.4) is 0 Å². The lowest BCUT2D eigenvalue weighted by Gasteiger charge is -2.02. The largest absolute Gasteiger partial charge is 0.476 e. The maximum atomic E-state index is 12.1. The van der Waals surface area contributed by atoms with Crippen LogP contribution < -0.4 is 5.32 Å². The predicted molar refractivity (Wildman–Crippen MR) is 70.9 cm³/mol. The molecule has 2 N–H and O–H groups in total. The van der Waals surface area contributed by atoms with Crippen LogP contribution in [0.4, 0.5) is 0 Å². The number of hydrogen-bond acceptors (Lipinski definition) is 6. The number of nitrogens with one attached hydrogen (secondary N) is 1. The Morgan fingerprint density at radius 2 is 2.25 bits per heavy atom. The molecule has 0 aliphatic heterocycles. The van der Waals surface area contributed by atoms with E-state index in [2.05, 4.69) is 15.5 Å². The molecule has 1 amide bonds. The Morgan fingerprint density at radius 3 is 2.85 bits per heavy atom. The van der Waals surface area contributed by atoms with Gasteiger partial charge in [0.15, 0.2) is 5.69 Å². The molecule has 0 saturated heterocycles. The number of aromatic nitrogens is 2. The van der Waals surface area contributed by atoms with Crippen molar-refractivity contribution in [1.82, 2.24) is 15.5 Å². The first-order valence-corrected chi connectivity index (χ1v) is 6.82. The van der Waals surface area contributed by atoms with Crippen molar-refractivity contribution in [3.8, 4) is 0 Å². The second-order valence-electron chi connectivity index (χ2n) is 4.03. The fourth-order valence-electron chi connectivity index (χ4n) is 1.68. The molecule has 0 bridgehead atoms. The van der Waals surface area contributed by atoms with Gasteiger partial charge < -0.3 is 14.9 Å². The molecule has 2 heterocycles. The number of carbonyl (C=O) groups excluding carboxylic acids is 1. The van der Waals surface area contributed by atoms with Crippen molar-refractivity contribution in [2.45, 2.75) is 26.8 Å². The number of nitrogens with zero attached hydrogens (tertiary/aromatic N) is 2. The summed E-state index contributed by atoms with van der Waals surface area (Å²) in [5, 5.41) is 17.2. The lowest BCUT2D eigenvalue weighted by atomic mass is 10.1.